The smallest absolute Gasteiger partial charge is 0.196 e. The van der Waals surface area contributed by atoms with Crippen LogP contribution in [0.4, 0.5) is 5.69 Å². The van der Waals surface area contributed by atoms with Crippen LogP contribution < -0.4 is 5.43 Å². The highest BCUT2D eigenvalue weighted by atomic mass is 35.5. The zero-order valence-corrected chi connectivity index (χ0v) is 16.0. The Morgan fingerprint density at radius 3 is 2.46 bits per heavy atom. The summed E-state index contributed by atoms with van der Waals surface area (Å²) in [7, 11) is 0. The largest absolute Gasteiger partial charge is 0.277 e. The molecule has 0 atom stereocenters. The van der Waals surface area contributed by atoms with E-state index < -0.39 is 0 Å². The van der Waals surface area contributed by atoms with E-state index in [2.05, 4.69) is 47.6 Å². The summed E-state index contributed by atoms with van der Waals surface area (Å²) in [4.78, 5) is 4.51. The van der Waals surface area contributed by atoms with Crippen LogP contribution in [0.15, 0.2) is 59.0 Å². The number of nitrogens with zero attached hydrogens (tertiary/aromatic N) is 3. The van der Waals surface area contributed by atoms with Crippen molar-refractivity contribution in [2.24, 2.45) is 5.10 Å². The van der Waals surface area contributed by atoms with Gasteiger partial charge in [-0.1, -0.05) is 49.7 Å². The summed E-state index contributed by atoms with van der Waals surface area (Å²) in [6.45, 7) is 4.30. The predicted octanol–water partition coefficient (Wildman–Crippen LogP) is 5.93. The minimum absolute atomic E-state index is 0.253. The third-order valence-electron chi connectivity index (χ3n) is 3.83. The van der Waals surface area contributed by atoms with Gasteiger partial charge in [0, 0.05) is 16.0 Å². The van der Waals surface area contributed by atoms with Crippen LogP contribution >= 0.6 is 22.9 Å². The van der Waals surface area contributed by atoms with Gasteiger partial charge in [0.2, 0.25) is 0 Å². The molecule has 0 fully saturated rings. The van der Waals surface area contributed by atoms with Gasteiger partial charge in [-0.2, -0.15) is 10.4 Å². The van der Waals surface area contributed by atoms with Gasteiger partial charge in [0.1, 0.15) is 6.07 Å². The number of rotatable bonds is 5. The maximum Gasteiger partial charge on any atom is 0.196 e. The number of aromatic nitrogens is 1. The molecule has 26 heavy (non-hydrogen) atoms. The second-order valence-corrected chi connectivity index (χ2v) is 7.30. The Kier molecular flexibility index (Phi) is 5.67. The molecule has 0 aliphatic carbocycles. The highest BCUT2D eigenvalue weighted by Gasteiger charge is 2.10. The monoisotopic (exact) mass is 380 g/mol. The van der Waals surface area contributed by atoms with E-state index in [1.165, 1.54) is 16.9 Å². The molecular formula is C20H17ClN4S. The Labute approximate surface area is 161 Å². The Bertz CT molecular complexity index is 951. The third-order valence-corrected chi connectivity index (χ3v) is 4.93. The van der Waals surface area contributed by atoms with Crippen molar-refractivity contribution in [2.45, 2.75) is 19.8 Å². The molecular weight excluding hydrogens is 364 g/mol. The normalized spacial score (nSPS) is 11.4. The molecule has 0 aliphatic rings. The van der Waals surface area contributed by atoms with Gasteiger partial charge in [0.25, 0.3) is 0 Å². The molecule has 3 aromatic rings. The fourth-order valence-electron chi connectivity index (χ4n) is 2.32. The molecule has 4 nitrogen and oxygen atoms in total. The minimum atomic E-state index is 0.253. The van der Waals surface area contributed by atoms with Gasteiger partial charge in [0.15, 0.2) is 10.7 Å². The number of hydrogen-bond donors (Lipinski definition) is 1. The summed E-state index contributed by atoms with van der Waals surface area (Å²) < 4.78 is 0. The predicted molar refractivity (Wildman–Crippen MR) is 109 cm³/mol. The van der Waals surface area contributed by atoms with Crippen LogP contribution in [-0.4, -0.2) is 10.7 Å². The topological polar surface area (TPSA) is 61.1 Å². The van der Waals surface area contributed by atoms with E-state index >= 15 is 0 Å². The maximum atomic E-state index is 9.42. The lowest BCUT2D eigenvalue weighted by atomic mass is 10.0. The number of nitrogens with one attached hydrogen (secondary N) is 1. The molecule has 0 radical (unpaired) electrons. The van der Waals surface area contributed by atoms with Crippen molar-refractivity contribution in [3.63, 3.8) is 0 Å². The Morgan fingerprint density at radius 2 is 1.85 bits per heavy atom. The van der Waals surface area contributed by atoms with Crippen molar-refractivity contribution in [2.75, 3.05) is 5.43 Å². The molecule has 0 aliphatic heterocycles. The number of hydrogen-bond acceptors (Lipinski definition) is 5. The molecule has 1 aromatic heterocycles. The average molecular weight is 381 g/mol. The number of halogens is 1. The van der Waals surface area contributed by atoms with E-state index in [1.807, 2.05) is 41.8 Å². The molecule has 0 spiro atoms. The number of thiazole rings is 1. The quantitative estimate of drug-likeness (QED) is 0.441. The summed E-state index contributed by atoms with van der Waals surface area (Å²) in [6, 6.07) is 17.6. The lowest BCUT2D eigenvalue weighted by Crippen LogP contribution is -2.01. The van der Waals surface area contributed by atoms with Crippen molar-refractivity contribution in [1.82, 2.24) is 4.98 Å². The van der Waals surface area contributed by atoms with Gasteiger partial charge in [-0.05, 0) is 35.7 Å². The van der Waals surface area contributed by atoms with E-state index in [1.54, 1.807) is 0 Å². The molecule has 2 aromatic carbocycles. The second kappa shape index (κ2) is 8.13. The first-order valence-corrected chi connectivity index (χ1v) is 9.38. The van der Waals surface area contributed by atoms with Crippen LogP contribution in [0.2, 0.25) is 5.02 Å². The van der Waals surface area contributed by atoms with Crippen LogP contribution in [0.3, 0.4) is 0 Å². The van der Waals surface area contributed by atoms with Crippen molar-refractivity contribution >= 4 is 34.3 Å². The first-order chi connectivity index (χ1) is 12.6. The molecule has 130 valence electrons. The van der Waals surface area contributed by atoms with Crippen molar-refractivity contribution in [3.8, 4) is 17.3 Å². The number of hydrazone groups is 1. The molecule has 1 heterocycles. The summed E-state index contributed by atoms with van der Waals surface area (Å²) in [6.07, 6.45) is 0. The fourth-order valence-corrected chi connectivity index (χ4v) is 3.21. The minimum Gasteiger partial charge on any atom is -0.277 e. The second-order valence-electron chi connectivity index (χ2n) is 6.01. The molecule has 6 heteroatoms. The lowest BCUT2D eigenvalue weighted by Gasteiger charge is -2.06. The van der Waals surface area contributed by atoms with Crippen molar-refractivity contribution in [1.29, 1.82) is 5.26 Å². The van der Waals surface area contributed by atoms with Gasteiger partial charge in [-0.15, -0.1) is 11.3 Å². The van der Waals surface area contributed by atoms with Gasteiger partial charge < -0.3 is 0 Å². The molecule has 0 amide bonds. The highest BCUT2D eigenvalue weighted by molar-refractivity contribution is 7.12. The van der Waals surface area contributed by atoms with Crippen LogP contribution in [-0.2, 0) is 0 Å². The molecule has 0 bridgehead atoms. The first kappa shape index (κ1) is 18.1. The first-order valence-electron chi connectivity index (χ1n) is 8.12. The number of benzene rings is 2. The Morgan fingerprint density at radius 1 is 1.15 bits per heavy atom. The average Bonchev–Trinajstić information content (AvgIpc) is 3.13. The summed E-state index contributed by atoms with van der Waals surface area (Å²) in [5, 5.41) is 16.8. The van der Waals surface area contributed by atoms with E-state index in [-0.39, 0.29) is 5.71 Å². The van der Waals surface area contributed by atoms with Crippen LogP contribution in [0, 0.1) is 11.3 Å². The van der Waals surface area contributed by atoms with Crippen LogP contribution in [0.25, 0.3) is 11.3 Å². The number of anilines is 1. The van der Waals surface area contributed by atoms with Gasteiger partial charge in [0.05, 0.1) is 11.4 Å². The fraction of sp³-hybridized carbons (Fsp3) is 0.150. The molecule has 0 saturated heterocycles. The number of nitriles is 1. The Balaban J connectivity index is 1.77. The lowest BCUT2D eigenvalue weighted by molar-refractivity contribution is 0.867. The molecule has 0 unspecified atom stereocenters. The van der Waals surface area contributed by atoms with E-state index in [0.29, 0.717) is 15.9 Å². The zero-order valence-electron chi connectivity index (χ0n) is 14.4. The zero-order chi connectivity index (χ0) is 18.5. The maximum absolute atomic E-state index is 9.42. The summed E-state index contributed by atoms with van der Waals surface area (Å²) in [5.41, 5.74) is 7.02. The summed E-state index contributed by atoms with van der Waals surface area (Å²) >= 11 is 7.30. The highest BCUT2D eigenvalue weighted by Crippen LogP contribution is 2.24. The van der Waals surface area contributed by atoms with E-state index in [4.69, 9.17) is 11.6 Å². The van der Waals surface area contributed by atoms with Crippen molar-refractivity contribution in [3.05, 3.63) is 69.5 Å². The van der Waals surface area contributed by atoms with Crippen molar-refractivity contribution < 1.29 is 0 Å². The van der Waals surface area contributed by atoms with Gasteiger partial charge >= 0.3 is 0 Å². The molecule has 0 saturated carbocycles. The van der Waals surface area contributed by atoms with E-state index in [0.717, 1.165) is 16.9 Å². The summed E-state index contributed by atoms with van der Waals surface area (Å²) in [5.74, 6) is 0.476. The third kappa shape index (κ3) is 4.29. The van der Waals surface area contributed by atoms with Gasteiger partial charge in [-0.3, -0.25) is 5.43 Å². The Hall–Kier alpha value is -2.68. The standard InChI is InChI=1S/C20H17ClN4S/c1-13(2)14-5-9-17(10-6-14)24-25-18(11-22)20-23-19(12-26-20)15-3-7-16(21)8-4-15/h3-10,12-13,24H,1-2H3/b25-18-. The molecule has 1 N–H and O–H groups in total. The van der Waals surface area contributed by atoms with Gasteiger partial charge in [-0.25, -0.2) is 4.98 Å². The van der Waals surface area contributed by atoms with E-state index in [9.17, 15) is 5.26 Å². The SMILES string of the molecule is CC(C)c1ccc(N/N=C(/C#N)c2nc(-c3ccc(Cl)cc3)cs2)cc1. The van der Waals surface area contributed by atoms with Crippen LogP contribution in [0.5, 0.6) is 0 Å². The molecule has 3 rings (SSSR count). The van der Waals surface area contributed by atoms with Crippen LogP contribution in [0.1, 0.15) is 30.3 Å².